The number of methoxy groups -OCH3 is 3. The van der Waals surface area contributed by atoms with Crippen LogP contribution in [0.4, 0.5) is 5.69 Å². The number of hydrogen-bond donors (Lipinski definition) is 1. The molecule has 8 heteroatoms. The molecule has 0 saturated heterocycles. The summed E-state index contributed by atoms with van der Waals surface area (Å²) in [6, 6.07) is 10.9. The lowest BCUT2D eigenvalue weighted by Gasteiger charge is -2.17. The fraction of sp³-hybridized carbons (Fsp3) is 0.250. The molecule has 0 spiro atoms. The molecule has 1 N–H and O–H groups in total. The molecular weight excluding hydrogens is 366 g/mol. The Morgan fingerprint density at radius 2 is 1.57 bits per heavy atom. The largest absolute Gasteiger partial charge is 0.497 e. The van der Waals surface area contributed by atoms with Gasteiger partial charge in [-0.15, -0.1) is 0 Å². The van der Waals surface area contributed by atoms with Gasteiger partial charge in [-0.1, -0.05) is 6.07 Å². The highest BCUT2D eigenvalue weighted by Gasteiger charge is 2.21. The zero-order valence-corrected chi connectivity index (χ0v) is 16.0. The first-order chi connectivity index (χ1) is 13.4. The molecule has 2 aromatic carbocycles. The number of anilines is 1. The molecule has 0 saturated carbocycles. The van der Waals surface area contributed by atoms with Gasteiger partial charge in [0.25, 0.3) is 5.91 Å². The quantitative estimate of drug-likeness (QED) is 0.729. The van der Waals surface area contributed by atoms with Crippen LogP contribution in [0.3, 0.4) is 0 Å². The fourth-order valence-corrected chi connectivity index (χ4v) is 2.35. The molecule has 2 rings (SSSR count). The molecule has 1 amide bonds. The van der Waals surface area contributed by atoms with Gasteiger partial charge < -0.3 is 24.3 Å². The van der Waals surface area contributed by atoms with Gasteiger partial charge in [0.15, 0.2) is 6.10 Å². The normalized spacial score (nSPS) is 11.1. The van der Waals surface area contributed by atoms with Gasteiger partial charge in [0.05, 0.1) is 38.1 Å². The molecule has 0 aromatic heterocycles. The van der Waals surface area contributed by atoms with Gasteiger partial charge in [-0.3, -0.25) is 4.79 Å². The second-order valence-electron chi connectivity index (χ2n) is 5.67. The minimum atomic E-state index is -0.889. The monoisotopic (exact) mass is 387 g/mol. The van der Waals surface area contributed by atoms with E-state index in [-0.39, 0.29) is 16.8 Å². The number of amides is 1. The number of hydrogen-bond acceptors (Lipinski definition) is 7. The summed E-state index contributed by atoms with van der Waals surface area (Å²) >= 11 is 0. The first-order valence-electron chi connectivity index (χ1n) is 8.31. The van der Waals surface area contributed by atoms with Crippen LogP contribution >= 0.6 is 0 Å². The predicted octanol–water partition coefficient (Wildman–Crippen LogP) is 2.67. The molecule has 148 valence electrons. The first kappa shape index (κ1) is 20.8. The second-order valence-corrected chi connectivity index (χ2v) is 5.67. The molecule has 0 heterocycles. The SMILES string of the molecule is COC(=O)c1ccc(C(=O)OC)c(NC(=O)[C@@H](C)Oc2cccc(OC)c2)c1. The van der Waals surface area contributed by atoms with Crippen LogP contribution in [0.2, 0.25) is 0 Å². The zero-order chi connectivity index (χ0) is 20.7. The molecule has 0 bridgehead atoms. The van der Waals surface area contributed by atoms with Crippen LogP contribution in [0.15, 0.2) is 42.5 Å². The molecule has 2 aromatic rings. The first-order valence-corrected chi connectivity index (χ1v) is 8.31. The van der Waals surface area contributed by atoms with E-state index >= 15 is 0 Å². The number of rotatable bonds is 7. The van der Waals surface area contributed by atoms with Gasteiger partial charge in [0.1, 0.15) is 11.5 Å². The van der Waals surface area contributed by atoms with Crippen molar-refractivity contribution in [3.8, 4) is 11.5 Å². The van der Waals surface area contributed by atoms with Crippen molar-refractivity contribution in [1.82, 2.24) is 0 Å². The van der Waals surface area contributed by atoms with Gasteiger partial charge in [-0.25, -0.2) is 9.59 Å². The van der Waals surface area contributed by atoms with Crippen LogP contribution in [0, 0.1) is 0 Å². The summed E-state index contributed by atoms with van der Waals surface area (Å²) < 4.78 is 20.1. The maximum absolute atomic E-state index is 12.5. The van der Waals surface area contributed by atoms with E-state index in [1.54, 1.807) is 31.2 Å². The second kappa shape index (κ2) is 9.40. The van der Waals surface area contributed by atoms with Crippen molar-refractivity contribution in [3.63, 3.8) is 0 Å². The Labute approximate surface area is 162 Å². The van der Waals surface area contributed by atoms with E-state index in [1.165, 1.54) is 39.5 Å². The summed E-state index contributed by atoms with van der Waals surface area (Å²) in [5.41, 5.74) is 0.379. The lowest BCUT2D eigenvalue weighted by molar-refractivity contribution is -0.122. The Kier molecular flexibility index (Phi) is 6.97. The number of nitrogens with one attached hydrogen (secondary N) is 1. The minimum Gasteiger partial charge on any atom is -0.497 e. The van der Waals surface area contributed by atoms with Gasteiger partial charge in [-0.2, -0.15) is 0 Å². The van der Waals surface area contributed by atoms with Gasteiger partial charge in [-0.05, 0) is 37.3 Å². The standard InChI is InChI=1S/C20H21NO7/c1-12(28-15-7-5-6-14(11-15)25-2)18(22)21-17-10-13(19(23)26-3)8-9-16(17)20(24)27-4/h5-12H,1-4H3,(H,21,22)/t12-/m1/s1. The molecule has 8 nitrogen and oxygen atoms in total. The van der Waals surface area contributed by atoms with Crippen LogP contribution in [-0.2, 0) is 14.3 Å². The molecule has 0 fully saturated rings. The summed E-state index contributed by atoms with van der Waals surface area (Å²) in [6.07, 6.45) is -0.889. The van der Waals surface area contributed by atoms with Gasteiger partial charge >= 0.3 is 11.9 Å². The van der Waals surface area contributed by atoms with Crippen LogP contribution < -0.4 is 14.8 Å². The van der Waals surface area contributed by atoms with Crippen LogP contribution in [0.25, 0.3) is 0 Å². The summed E-state index contributed by atoms with van der Waals surface area (Å²) in [5.74, 6) is -0.752. The van der Waals surface area contributed by atoms with Crippen molar-refractivity contribution in [1.29, 1.82) is 0 Å². The highest BCUT2D eigenvalue weighted by atomic mass is 16.5. The van der Waals surface area contributed by atoms with E-state index in [0.29, 0.717) is 11.5 Å². The van der Waals surface area contributed by atoms with Crippen molar-refractivity contribution < 1.29 is 33.3 Å². The fourth-order valence-electron chi connectivity index (χ4n) is 2.35. The Bertz CT molecular complexity index is 879. The molecule has 28 heavy (non-hydrogen) atoms. The minimum absolute atomic E-state index is 0.0945. The highest BCUT2D eigenvalue weighted by molar-refractivity contribution is 6.04. The van der Waals surface area contributed by atoms with Crippen molar-refractivity contribution in [2.24, 2.45) is 0 Å². The Hall–Kier alpha value is -3.55. The van der Waals surface area contributed by atoms with E-state index in [1.807, 2.05) is 0 Å². The summed E-state index contributed by atoms with van der Waals surface area (Å²) in [6.45, 7) is 1.55. The lowest BCUT2D eigenvalue weighted by Crippen LogP contribution is -2.31. The number of esters is 2. The van der Waals surface area contributed by atoms with E-state index < -0.39 is 23.9 Å². The average Bonchev–Trinajstić information content (AvgIpc) is 2.72. The van der Waals surface area contributed by atoms with Crippen LogP contribution in [0.5, 0.6) is 11.5 Å². The third-order valence-electron chi connectivity index (χ3n) is 3.83. The Balaban J connectivity index is 2.22. The summed E-state index contributed by atoms with van der Waals surface area (Å²) in [4.78, 5) is 36.3. The number of benzene rings is 2. The van der Waals surface area contributed by atoms with Gasteiger partial charge in [0.2, 0.25) is 0 Å². The van der Waals surface area contributed by atoms with Crippen molar-refractivity contribution in [3.05, 3.63) is 53.6 Å². The molecule has 0 aliphatic carbocycles. The van der Waals surface area contributed by atoms with E-state index in [4.69, 9.17) is 14.2 Å². The molecular formula is C20H21NO7. The smallest absolute Gasteiger partial charge is 0.339 e. The Morgan fingerprint density at radius 1 is 0.893 bits per heavy atom. The molecule has 0 radical (unpaired) electrons. The number of carbonyl (C=O) groups is 3. The average molecular weight is 387 g/mol. The third kappa shape index (κ3) is 5.00. The summed E-state index contributed by atoms with van der Waals surface area (Å²) in [7, 11) is 3.98. The Morgan fingerprint density at radius 3 is 2.21 bits per heavy atom. The topological polar surface area (TPSA) is 100 Å². The van der Waals surface area contributed by atoms with Crippen LogP contribution in [0.1, 0.15) is 27.6 Å². The maximum Gasteiger partial charge on any atom is 0.339 e. The van der Waals surface area contributed by atoms with Crippen molar-refractivity contribution >= 4 is 23.5 Å². The van der Waals surface area contributed by atoms with E-state index in [2.05, 4.69) is 10.1 Å². The van der Waals surface area contributed by atoms with E-state index in [9.17, 15) is 14.4 Å². The van der Waals surface area contributed by atoms with Crippen molar-refractivity contribution in [2.45, 2.75) is 13.0 Å². The third-order valence-corrected chi connectivity index (χ3v) is 3.83. The van der Waals surface area contributed by atoms with Gasteiger partial charge in [0, 0.05) is 6.07 Å². The lowest BCUT2D eigenvalue weighted by atomic mass is 10.1. The predicted molar refractivity (Wildman–Crippen MR) is 101 cm³/mol. The van der Waals surface area contributed by atoms with E-state index in [0.717, 1.165) is 0 Å². The number of ether oxygens (including phenoxy) is 4. The molecule has 0 unspecified atom stereocenters. The maximum atomic E-state index is 12.5. The van der Waals surface area contributed by atoms with Crippen LogP contribution in [-0.4, -0.2) is 45.3 Å². The van der Waals surface area contributed by atoms with Crippen molar-refractivity contribution in [2.75, 3.05) is 26.6 Å². The zero-order valence-electron chi connectivity index (χ0n) is 16.0. The highest BCUT2D eigenvalue weighted by Crippen LogP contribution is 2.22. The number of carbonyl (C=O) groups excluding carboxylic acids is 3. The molecule has 1 atom stereocenters. The summed E-state index contributed by atoms with van der Waals surface area (Å²) in [5, 5.41) is 2.59. The molecule has 0 aliphatic heterocycles. The molecule has 0 aliphatic rings.